The fraction of sp³-hybridized carbons (Fsp3) is 0.588. The molecule has 4 heteroatoms. The van der Waals surface area contributed by atoms with Crippen LogP contribution in [0.5, 0.6) is 0 Å². The van der Waals surface area contributed by atoms with Crippen LogP contribution >= 0.6 is 0 Å². The number of aliphatic hydroxyl groups excluding tert-OH is 1. The second kappa shape index (κ2) is 8.15. The Labute approximate surface area is 126 Å². The van der Waals surface area contributed by atoms with Crippen molar-refractivity contribution in [3.8, 4) is 0 Å². The predicted molar refractivity (Wildman–Crippen MR) is 82.0 cm³/mol. The summed E-state index contributed by atoms with van der Waals surface area (Å²) in [6, 6.07) is 9.71. The molecule has 3 unspecified atom stereocenters. The Morgan fingerprint density at radius 1 is 1.38 bits per heavy atom. The number of carbonyl (C=O) groups is 1. The van der Waals surface area contributed by atoms with Crippen molar-refractivity contribution in [2.24, 2.45) is 5.92 Å². The van der Waals surface area contributed by atoms with Gasteiger partial charge in [-0.05, 0) is 37.3 Å². The van der Waals surface area contributed by atoms with Crippen molar-refractivity contribution in [1.82, 2.24) is 5.32 Å². The molecule has 3 atom stereocenters. The Balaban J connectivity index is 1.86. The zero-order chi connectivity index (χ0) is 15.1. The molecule has 0 aliphatic heterocycles. The van der Waals surface area contributed by atoms with E-state index in [0.29, 0.717) is 12.5 Å². The lowest BCUT2D eigenvalue weighted by Crippen LogP contribution is -2.33. The van der Waals surface area contributed by atoms with E-state index >= 15 is 0 Å². The van der Waals surface area contributed by atoms with E-state index in [2.05, 4.69) is 5.32 Å². The highest BCUT2D eigenvalue weighted by Crippen LogP contribution is 2.24. The summed E-state index contributed by atoms with van der Waals surface area (Å²) in [5, 5.41) is 13.1. The second-order valence-corrected chi connectivity index (χ2v) is 5.83. The summed E-state index contributed by atoms with van der Waals surface area (Å²) in [6.07, 6.45) is 3.87. The Morgan fingerprint density at radius 3 is 2.81 bits per heavy atom. The van der Waals surface area contributed by atoms with Crippen molar-refractivity contribution in [2.75, 3.05) is 20.2 Å². The lowest BCUT2D eigenvalue weighted by atomic mass is 9.87. The molecule has 0 bridgehead atoms. The van der Waals surface area contributed by atoms with Crippen LogP contribution in [0.15, 0.2) is 30.3 Å². The Morgan fingerprint density at radius 2 is 2.14 bits per heavy atom. The Bertz CT molecular complexity index is 435. The van der Waals surface area contributed by atoms with Gasteiger partial charge in [0.1, 0.15) is 0 Å². The van der Waals surface area contributed by atoms with Crippen LogP contribution in [0, 0.1) is 5.92 Å². The third-order valence-electron chi connectivity index (χ3n) is 4.22. The standard InChI is InChI=1S/C17H25NO3/c1-21-17(20)16(14-7-3-2-4-8-14)12-18-11-13-6-5-9-15(19)10-13/h2-4,7-8,13,15-16,18-19H,5-6,9-12H2,1H3. The summed E-state index contributed by atoms with van der Waals surface area (Å²) < 4.78 is 4.91. The summed E-state index contributed by atoms with van der Waals surface area (Å²) >= 11 is 0. The van der Waals surface area contributed by atoms with E-state index in [-0.39, 0.29) is 18.0 Å². The van der Waals surface area contributed by atoms with Crippen LogP contribution in [0.3, 0.4) is 0 Å². The molecule has 1 aliphatic rings. The van der Waals surface area contributed by atoms with E-state index in [4.69, 9.17) is 4.74 Å². The van der Waals surface area contributed by atoms with Gasteiger partial charge in [0, 0.05) is 6.54 Å². The monoisotopic (exact) mass is 291 g/mol. The highest BCUT2D eigenvalue weighted by atomic mass is 16.5. The molecule has 0 radical (unpaired) electrons. The first-order chi connectivity index (χ1) is 10.2. The molecule has 1 aromatic carbocycles. The number of benzene rings is 1. The molecule has 2 rings (SSSR count). The van der Waals surface area contributed by atoms with Crippen LogP contribution in [0.25, 0.3) is 0 Å². The SMILES string of the molecule is COC(=O)C(CNCC1CCCC(O)C1)c1ccccc1. The lowest BCUT2D eigenvalue weighted by molar-refractivity contribution is -0.142. The van der Waals surface area contributed by atoms with Crippen LogP contribution in [-0.4, -0.2) is 37.4 Å². The van der Waals surface area contributed by atoms with Crippen molar-refractivity contribution in [3.63, 3.8) is 0 Å². The average Bonchev–Trinajstić information content (AvgIpc) is 2.52. The summed E-state index contributed by atoms with van der Waals surface area (Å²) in [5.41, 5.74) is 0.973. The number of esters is 1. The molecule has 1 fully saturated rings. The first-order valence-electron chi connectivity index (χ1n) is 7.72. The van der Waals surface area contributed by atoms with Gasteiger partial charge < -0.3 is 15.2 Å². The normalized spacial score (nSPS) is 23.5. The molecule has 1 aromatic rings. The maximum absolute atomic E-state index is 11.9. The van der Waals surface area contributed by atoms with Gasteiger partial charge >= 0.3 is 5.97 Å². The van der Waals surface area contributed by atoms with Crippen LogP contribution in [0.2, 0.25) is 0 Å². The van der Waals surface area contributed by atoms with Gasteiger partial charge in [0.05, 0.1) is 19.1 Å². The summed E-state index contributed by atoms with van der Waals surface area (Å²) in [4.78, 5) is 11.9. The maximum atomic E-state index is 11.9. The molecule has 0 heterocycles. The largest absolute Gasteiger partial charge is 0.469 e. The van der Waals surface area contributed by atoms with Gasteiger partial charge in [0.25, 0.3) is 0 Å². The van der Waals surface area contributed by atoms with E-state index in [9.17, 15) is 9.90 Å². The van der Waals surface area contributed by atoms with Gasteiger partial charge in [-0.25, -0.2) is 0 Å². The fourth-order valence-electron chi connectivity index (χ4n) is 3.04. The molecule has 0 saturated heterocycles. The molecule has 116 valence electrons. The molecular formula is C17H25NO3. The molecule has 0 amide bonds. The number of hydrogen-bond donors (Lipinski definition) is 2. The van der Waals surface area contributed by atoms with Crippen molar-refractivity contribution >= 4 is 5.97 Å². The van der Waals surface area contributed by atoms with E-state index < -0.39 is 0 Å². The highest BCUT2D eigenvalue weighted by Gasteiger charge is 2.23. The van der Waals surface area contributed by atoms with Crippen LogP contribution in [0.4, 0.5) is 0 Å². The van der Waals surface area contributed by atoms with Crippen LogP contribution in [0.1, 0.15) is 37.2 Å². The topological polar surface area (TPSA) is 58.6 Å². The van der Waals surface area contributed by atoms with Crippen molar-refractivity contribution in [2.45, 2.75) is 37.7 Å². The molecule has 0 aromatic heterocycles. The molecule has 2 N–H and O–H groups in total. The minimum atomic E-state index is -0.273. The smallest absolute Gasteiger partial charge is 0.314 e. The van der Waals surface area contributed by atoms with E-state index in [1.807, 2.05) is 30.3 Å². The quantitative estimate of drug-likeness (QED) is 0.788. The minimum absolute atomic E-state index is 0.156. The molecule has 1 aliphatic carbocycles. The third kappa shape index (κ3) is 4.83. The van der Waals surface area contributed by atoms with E-state index in [0.717, 1.165) is 37.8 Å². The number of hydrogen-bond acceptors (Lipinski definition) is 4. The molecule has 4 nitrogen and oxygen atoms in total. The number of aliphatic hydroxyl groups is 1. The van der Waals surface area contributed by atoms with Crippen LogP contribution in [-0.2, 0) is 9.53 Å². The van der Waals surface area contributed by atoms with Gasteiger partial charge in [-0.1, -0.05) is 36.8 Å². The van der Waals surface area contributed by atoms with Crippen molar-refractivity contribution in [1.29, 1.82) is 0 Å². The average molecular weight is 291 g/mol. The van der Waals surface area contributed by atoms with E-state index in [1.54, 1.807) is 0 Å². The first kappa shape index (κ1) is 16.0. The number of nitrogens with one attached hydrogen (secondary N) is 1. The molecule has 1 saturated carbocycles. The highest BCUT2D eigenvalue weighted by molar-refractivity contribution is 5.78. The molecular weight excluding hydrogens is 266 g/mol. The summed E-state index contributed by atoms with van der Waals surface area (Å²) in [7, 11) is 1.43. The van der Waals surface area contributed by atoms with E-state index in [1.165, 1.54) is 7.11 Å². The van der Waals surface area contributed by atoms with Gasteiger partial charge in [0.15, 0.2) is 0 Å². The maximum Gasteiger partial charge on any atom is 0.314 e. The predicted octanol–water partition coefficient (Wildman–Crippen LogP) is 2.08. The number of carbonyl (C=O) groups excluding carboxylic acids is 1. The minimum Gasteiger partial charge on any atom is -0.469 e. The Hall–Kier alpha value is -1.39. The fourth-order valence-corrected chi connectivity index (χ4v) is 3.04. The third-order valence-corrected chi connectivity index (χ3v) is 4.22. The summed E-state index contributed by atoms with van der Waals surface area (Å²) in [6.45, 7) is 1.42. The Kier molecular flexibility index (Phi) is 6.21. The second-order valence-electron chi connectivity index (χ2n) is 5.83. The number of methoxy groups -OCH3 is 1. The number of ether oxygens (including phenoxy) is 1. The van der Waals surface area contributed by atoms with Gasteiger partial charge in [0.2, 0.25) is 0 Å². The first-order valence-corrected chi connectivity index (χ1v) is 7.72. The van der Waals surface area contributed by atoms with Gasteiger partial charge in [-0.2, -0.15) is 0 Å². The zero-order valence-corrected chi connectivity index (χ0v) is 12.6. The molecule has 21 heavy (non-hydrogen) atoms. The van der Waals surface area contributed by atoms with Crippen molar-refractivity contribution < 1.29 is 14.6 Å². The zero-order valence-electron chi connectivity index (χ0n) is 12.6. The van der Waals surface area contributed by atoms with Gasteiger partial charge in [-0.3, -0.25) is 4.79 Å². The van der Waals surface area contributed by atoms with Crippen LogP contribution < -0.4 is 5.32 Å². The molecule has 0 spiro atoms. The lowest BCUT2D eigenvalue weighted by Gasteiger charge is -2.26. The van der Waals surface area contributed by atoms with Gasteiger partial charge in [-0.15, -0.1) is 0 Å². The van der Waals surface area contributed by atoms with Crippen molar-refractivity contribution in [3.05, 3.63) is 35.9 Å². The number of rotatable bonds is 6. The summed E-state index contributed by atoms with van der Waals surface area (Å²) in [5.74, 6) is 0.0184.